The van der Waals surface area contributed by atoms with Gasteiger partial charge in [-0.3, -0.25) is 23.7 Å². The summed E-state index contributed by atoms with van der Waals surface area (Å²) in [5, 5.41) is 11.7. The molecule has 2 atom stereocenters. The van der Waals surface area contributed by atoms with Crippen LogP contribution in [0.2, 0.25) is 0 Å². The molecule has 0 aliphatic heterocycles. The first kappa shape index (κ1) is 57.8. The van der Waals surface area contributed by atoms with Gasteiger partial charge in [-0.1, -0.05) is 66.8 Å². The number of hydrogen-bond acceptors (Lipinski definition) is 16. The molecule has 0 radical (unpaired) electrons. The number of phosphoric acid groups is 1. The van der Waals surface area contributed by atoms with Crippen LogP contribution in [0.3, 0.4) is 0 Å². The summed E-state index contributed by atoms with van der Waals surface area (Å²) in [4.78, 5) is 55.4. The van der Waals surface area contributed by atoms with E-state index in [-0.39, 0.29) is 87.0 Å². The SMILES string of the molecule is CCOCCOCCCC(=O)COCCOCC(=O)NCCOP(=O)([O-])OCC(COC=O)OC=O.CCOc1ccc(/C=C/c2ccc(/C=C/c3ccc(O)cc3)cc2C)cc1.[Na+]. The number of phenols is 1. The molecule has 2 unspecified atom stereocenters. The van der Waals surface area contributed by atoms with E-state index in [2.05, 4.69) is 79.3 Å². The largest absolute Gasteiger partial charge is 1.00 e. The fraction of sp³-hybridized carbons (Fsp3) is 0.422. The first-order chi connectivity index (χ1) is 30.5. The van der Waals surface area contributed by atoms with Crippen molar-refractivity contribution in [3.05, 3.63) is 94.5 Å². The van der Waals surface area contributed by atoms with Gasteiger partial charge in [-0.25, -0.2) is 0 Å². The minimum atomic E-state index is -4.75. The zero-order chi connectivity index (χ0) is 46.0. The molecule has 19 heteroatoms. The number of phenolic OH excluding ortho intramolecular Hbond substituents is 1. The van der Waals surface area contributed by atoms with Gasteiger partial charge in [0.2, 0.25) is 5.91 Å². The van der Waals surface area contributed by atoms with Crippen LogP contribution in [0.5, 0.6) is 11.5 Å². The maximum atomic E-state index is 11.7. The minimum absolute atomic E-state index is 0. The van der Waals surface area contributed by atoms with E-state index in [4.69, 9.17) is 23.7 Å². The van der Waals surface area contributed by atoms with Gasteiger partial charge in [-0.05, 0) is 79.3 Å². The predicted molar refractivity (Wildman–Crippen MR) is 233 cm³/mol. The Kier molecular flexibility index (Phi) is 32.5. The topological polar surface area (TPSA) is 224 Å². The van der Waals surface area contributed by atoms with E-state index in [1.165, 1.54) is 11.1 Å². The molecule has 0 aromatic heterocycles. The summed E-state index contributed by atoms with van der Waals surface area (Å²) in [6.07, 6.45) is 8.18. The summed E-state index contributed by atoms with van der Waals surface area (Å²) in [7, 11) is -4.75. The van der Waals surface area contributed by atoms with Gasteiger partial charge in [0.25, 0.3) is 20.8 Å². The fourth-order valence-electron chi connectivity index (χ4n) is 5.03. The average molecular weight is 924 g/mol. The second kappa shape index (κ2) is 36.0. The van der Waals surface area contributed by atoms with Crippen molar-refractivity contribution >= 4 is 56.8 Å². The van der Waals surface area contributed by atoms with Crippen LogP contribution in [-0.4, -0.2) is 122 Å². The number of Topliss-reactive ketones (excluding diaryl/α,β-unsaturated/α-hetero) is 1. The van der Waals surface area contributed by atoms with Crippen molar-refractivity contribution in [2.75, 3.05) is 85.8 Å². The number of hydrogen-bond donors (Lipinski definition) is 2. The Morgan fingerprint density at radius 2 is 1.36 bits per heavy atom. The van der Waals surface area contributed by atoms with Crippen molar-refractivity contribution < 1.29 is 106 Å². The second-order valence-corrected chi connectivity index (χ2v) is 14.6. The fourth-order valence-corrected chi connectivity index (χ4v) is 5.77. The van der Waals surface area contributed by atoms with Gasteiger partial charge in [-0.15, -0.1) is 0 Å². The number of phosphoric ester groups is 1. The van der Waals surface area contributed by atoms with Crippen molar-refractivity contribution in [3.8, 4) is 11.5 Å². The van der Waals surface area contributed by atoms with Gasteiger partial charge in [0.1, 0.15) is 31.3 Å². The van der Waals surface area contributed by atoms with Crippen molar-refractivity contribution in [2.24, 2.45) is 0 Å². The van der Waals surface area contributed by atoms with E-state index in [1.807, 2.05) is 44.2 Å². The number of rotatable bonds is 33. The van der Waals surface area contributed by atoms with Crippen molar-refractivity contribution in [1.29, 1.82) is 0 Å². The number of amides is 1. The molecule has 3 aromatic rings. The van der Waals surface area contributed by atoms with Crippen LogP contribution in [0.25, 0.3) is 24.3 Å². The average Bonchev–Trinajstić information content (AvgIpc) is 3.27. The summed E-state index contributed by atoms with van der Waals surface area (Å²) in [6.45, 7) is 7.21. The van der Waals surface area contributed by atoms with E-state index in [9.17, 15) is 33.7 Å². The molecule has 346 valence electrons. The molecule has 0 bridgehead atoms. The predicted octanol–water partition coefficient (Wildman–Crippen LogP) is 2.20. The van der Waals surface area contributed by atoms with E-state index in [0.29, 0.717) is 45.9 Å². The molecule has 1 amide bonds. The maximum absolute atomic E-state index is 11.7. The third-order valence-corrected chi connectivity index (χ3v) is 9.14. The summed E-state index contributed by atoms with van der Waals surface area (Å²) in [6, 6.07) is 21.7. The van der Waals surface area contributed by atoms with Crippen LogP contribution in [0.15, 0.2) is 66.7 Å². The molecule has 64 heavy (non-hydrogen) atoms. The van der Waals surface area contributed by atoms with E-state index >= 15 is 0 Å². The monoisotopic (exact) mass is 923 g/mol. The zero-order valence-electron chi connectivity index (χ0n) is 37.0. The van der Waals surface area contributed by atoms with Gasteiger partial charge in [-0.2, -0.15) is 0 Å². The molecule has 3 rings (SSSR count). The first-order valence-electron chi connectivity index (χ1n) is 20.3. The summed E-state index contributed by atoms with van der Waals surface area (Å²) in [5.74, 6) is 0.593. The Morgan fingerprint density at radius 3 is 2.02 bits per heavy atom. The molecule has 0 saturated carbocycles. The van der Waals surface area contributed by atoms with Crippen LogP contribution in [0, 0.1) is 6.92 Å². The number of ketones is 1. The van der Waals surface area contributed by atoms with Crippen molar-refractivity contribution in [3.63, 3.8) is 0 Å². The molecule has 0 spiro atoms. The van der Waals surface area contributed by atoms with Crippen LogP contribution in [-0.2, 0) is 61.2 Å². The van der Waals surface area contributed by atoms with E-state index in [1.54, 1.807) is 12.1 Å². The standard InChI is InChI=1S/C25H24O2.C20H36NO14P.Na/c1-3-27-25-16-10-21(11-17-25)6-12-23-13-7-22(18-19(23)2)5-4-20-8-14-24(26)15-9-20;1-2-28-8-9-29-6-3-4-18(24)12-30-10-11-31-15-20(25)21-5-7-34-36(26,27)35-14-19(33-17-23)13-32-16-22;/h4-18,26H,3H2,1-2H3;16-17,19H,2-15H2,1H3,(H,21,25)(H,26,27);/q;;+1/p-1/b5-4+,12-6+;;. The quantitative estimate of drug-likeness (QED) is 0.0294. The molecule has 17 nitrogen and oxygen atoms in total. The Hall–Kier alpha value is -4.23. The third kappa shape index (κ3) is 28.5. The number of aryl methyl sites for hydroxylation is 1. The molecule has 0 fully saturated rings. The van der Waals surface area contributed by atoms with Crippen molar-refractivity contribution in [1.82, 2.24) is 5.32 Å². The zero-order valence-corrected chi connectivity index (χ0v) is 39.9. The van der Waals surface area contributed by atoms with Gasteiger partial charge < -0.3 is 57.5 Å². The Morgan fingerprint density at radius 1 is 0.734 bits per heavy atom. The van der Waals surface area contributed by atoms with Gasteiger partial charge in [0.05, 0.1) is 46.2 Å². The Bertz CT molecular complexity index is 1860. The van der Waals surface area contributed by atoms with Gasteiger partial charge in [0, 0.05) is 26.2 Å². The summed E-state index contributed by atoms with van der Waals surface area (Å²) < 4.78 is 55.8. The Labute approximate surface area is 397 Å². The molecule has 2 N–H and O–H groups in total. The number of nitrogens with one attached hydrogen (secondary N) is 1. The molecule has 0 aliphatic carbocycles. The van der Waals surface area contributed by atoms with Crippen LogP contribution >= 0.6 is 7.82 Å². The number of aromatic hydroxyl groups is 1. The second-order valence-electron chi connectivity index (χ2n) is 13.1. The summed E-state index contributed by atoms with van der Waals surface area (Å²) >= 11 is 0. The smallest absolute Gasteiger partial charge is 0.756 e. The molecular formula is C45H59NNaO16P. The normalized spacial score (nSPS) is 12.3. The number of benzene rings is 3. The Balaban J connectivity index is 0.000000651. The minimum Gasteiger partial charge on any atom is -0.756 e. The number of carbonyl (C=O) groups is 4. The molecule has 0 saturated heterocycles. The molecule has 0 aliphatic rings. The van der Waals surface area contributed by atoms with Crippen LogP contribution in [0.1, 0.15) is 54.5 Å². The van der Waals surface area contributed by atoms with Gasteiger partial charge >= 0.3 is 29.6 Å². The number of ether oxygens (including phenoxy) is 7. The van der Waals surface area contributed by atoms with Gasteiger partial charge in [0.15, 0.2) is 11.9 Å². The first-order valence-corrected chi connectivity index (χ1v) is 21.8. The maximum Gasteiger partial charge on any atom is 1.00 e. The molecule has 3 aromatic carbocycles. The summed E-state index contributed by atoms with van der Waals surface area (Å²) in [5.41, 5.74) is 5.79. The van der Waals surface area contributed by atoms with E-state index in [0.717, 1.165) is 22.4 Å². The third-order valence-electron chi connectivity index (χ3n) is 8.18. The molecule has 0 heterocycles. The number of carbonyl (C=O) groups excluding carboxylic acids is 4. The van der Waals surface area contributed by atoms with Crippen LogP contribution in [0.4, 0.5) is 0 Å². The van der Waals surface area contributed by atoms with Crippen LogP contribution < -0.4 is 44.5 Å². The van der Waals surface area contributed by atoms with Crippen molar-refractivity contribution in [2.45, 2.75) is 39.7 Å². The van der Waals surface area contributed by atoms with E-state index < -0.39 is 39.7 Å². The molecular weight excluding hydrogens is 864 g/mol.